The predicted molar refractivity (Wildman–Crippen MR) is 58.5 cm³/mol. The van der Waals surface area contributed by atoms with E-state index in [4.69, 9.17) is 5.11 Å². The standard InChI is InChI=1S/C6H12O2.C5H11N/c1-2-3-4-5-6(7)8;1-6-4-2-3-5-6/h2-5H2,1H3,(H,7,8);2-5H2,1H3. The molecule has 0 aromatic heterocycles. The van der Waals surface area contributed by atoms with Gasteiger partial charge in [0.1, 0.15) is 0 Å². The molecule has 84 valence electrons. The zero-order valence-corrected chi connectivity index (χ0v) is 9.46. The van der Waals surface area contributed by atoms with Gasteiger partial charge in [-0.3, -0.25) is 4.79 Å². The van der Waals surface area contributed by atoms with Gasteiger partial charge in [-0.15, -0.1) is 0 Å². The van der Waals surface area contributed by atoms with E-state index in [1.807, 2.05) is 0 Å². The van der Waals surface area contributed by atoms with Gasteiger partial charge < -0.3 is 10.0 Å². The third kappa shape index (κ3) is 9.52. The van der Waals surface area contributed by atoms with Crippen molar-refractivity contribution in [3.8, 4) is 0 Å². The van der Waals surface area contributed by atoms with Crippen LogP contribution >= 0.6 is 0 Å². The highest BCUT2D eigenvalue weighted by Gasteiger charge is 2.03. The molecule has 0 aromatic carbocycles. The molecule has 0 bridgehead atoms. The second-order valence-electron chi connectivity index (χ2n) is 3.86. The Kier molecular flexibility index (Phi) is 8.64. The van der Waals surface area contributed by atoms with Gasteiger partial charge in [-0.05, 0) is 39.4 Å². The molecule has 1 heterocycles. The third-order valence-corrected chi connectivity index (χ3v) is 2.32. The molecule has 0 saturated carbocycles. The number of likely N-dealkylation sites (tertiary alicyclic amines) is 1. The lowest BCUT2D eigenvalue weighted by atomic mass is 10.2. The summed E-state index contributed by atoms with van der Waals surface area (Å²) >= 11 is 0. The SMILES string of the molecule is CCCCCC(=O)O.CN1CCCC1. The van der Waals surface area contributed by atoms with Crippen LogP contribution in [0.4, 0.5) is 0 Å². The van der Waals surface area contributed by atoms with Gasteiger partial charge in [-0.25, -0.2) is 0 Å². The number of carboxylic acids is 1. The van der Waals surface area contributed by atoms with Crippen LogP contribution in [-0.2, 0) is 4.79 Å². The molecule has 0 spiro atoms. The Hall–Kier alpha value is -0.570. The highest BCUT2D eigenvalue weighted by molar-refractivity contribution is 5.66. The quantitative estimate of drug-likeness (QED) is 0.710. The van der Waals surface area contributed by atoms with Crippen molar-refractivity contribution in [3.05, 3.63) is 0 Å². The van der Waals surface area contributed by atoms with Crippen LogP contribution in [0.15, 0.2) is 0 Å². The average Bonchev–Trinajstić information content (AvgIpc) is 2.57. The minimum atomic E-state index is -0.682. The summed E-state index contributed by atoms with van der Waals surface area (Å²) in [5, 5.41) is 8.14. The van der Waals surface area contributed by atoms with Crippen LogP contribution in [0.25, 0.3) is 0 Å². The lowest BCUT2D eigenvalue weighted by Gasteiger charge is -2.01. The first-order valence-corrected chi connectivity index (χ1v) is 5.57. The fourth-order valence-electron chi connectivity index (χ4n) is 1.40. The Morgan fingerprint density at radius 1 is 1.29 bits per heavy atom. The first-order valence-electron chi connectivity index (χ1n) is 5.57. The lowest BCUT2D eigenvalue weighted by molar-refractivity contribution is -0.137. The average molecular weight is 201 g/mol. The van der Waals surface area contributed by atoms with Crippen molar-refractivity contribution in [1.29, 1.82) is 0 Å². The zero-order valence-electron chi connectivity index (χ0n) is 9.46. The van der Waals surface area contributed by atoms with E-state index in [-0.39, 0.29) is 0 Å². The smallest absolute Gasteiger partial charge is 0.303 e. The van der Waals surface area contributed by atoms with Crippen molar-refractivity contribution in [3.63, 3.8) is 0 Å². The summed E-state index contributed by atoms with van der Waals surface area (Å²) in [6, 6.07) is 0. The van der Waals surface area contributed by atoms with Crippen molar-refractivity contribution >= 4 is 5.97 Å². The Morgan fingerprint density at radius 2 is 1.86 bits per heavy atom. The monoisotopic (exact) mass is 201 g/mol. The highest BCUT2D eigenvalue weighted by atomic mass is 16.4. The summed E-state index contributed by atoms with van der Waals surface area (Å²) in [4.78, 5) is 12.2. The maximum absolute atomic E-state index is 9.87. The van der Waals surface area contributed by atoms with Gasteiger partial charge in [0.2, 0.25) is 0 Å². The van der Waals surface area contributed by atoms with E-state index in [0.29, 0.717) is 6.42 Å². The van der Waals surface area contributed by atoms with Gasteiger partial charge in [0.15, 0.2) is 0 Å². The van der Waals surface area contributed by atoms with Gasteiger partial charge in [0.25, 0.3) is 0 Å². The van der Waals surface area contributed by atoms with E-state index >= 15 is 0 Å². The fraction of sp³-hybridized carbons (Fsp3) is 0.909. The van der Waals surface area contributed by atoms with E-state index in [1.165, 1.54) is 25.9 Å². The molecule has 1 rings (SSSR count). The molecule has 0 radical (unpaired) electrons. The molecule has 0 unspecified atom stereocenters. The van der Waals surface area contributed by atoms with Gasteiger partial charge in [-0.2, -0.15) is 0 Å². The minimum Gasteiger partial charge on any atom is -0.481 e. The molecule has 0 amide bonds. The number of aliphatic carboxylic acids is 1. The summed E-state index contributed by atoms with van der Waals surface area (Å²) < 4.78 is 0. The number of nitrogens with zero attached hydrogens (tertiary/aromatic N) is 1. The molecule has 3 nitrogen and oxygen atoms in total. The molecular formula is C11H23NO2. The molecule has 14 heavy (non-hydrogen) atoms. The molecule has 1 aliphatic heterocycles. The van der Waals surface area contributed by atoms with Crippen LogP contribution < -0.4 is 0 Å². The number of hydrogen-bond acceptors (Lipinski definition) is 2. The van der Waals surface area contributed by atoms with Crippen LogP contribution in [0.2, 0.25) is 0 Å². The Bertz CT molecular complexity index is 142. The predicted octanol–water partition coefficient (Wildman–Crippen LogP) is 2.36. The van der Waals surface area contributed by atoms with Crippen molar-refractivity contribution in [1.82, 2.24) is 4.90 Å². The molecule has 1 fully saturated rings. The first kappa shape index (κ1) is 13.4. The third-order valence-electron chi connectivity index (χ3n) is 2.32. The van der Waals surface area contributed by atoms with Gasteiger partial charge in [0.05, 0.1) is 0 Å². The largest absolute Gasteiger partial charge is 0.481 e. The Balaban J connectivity index is 0.000000249. The van der Waals surface area contributed by atoms with Crippen molar-refractivity contribution in [2.24, 2.45) is 0 Å². The lowest BCUT2D eigenvalue weighted by Crippen LogP contribution is -2.10. The summed E-state index contributed by atoms with van der Waals surface area (Å²) in [6.07, 6.45) is 6.10. The summed E-state index contributed by atoms with van der Waals surface area (Å²) in [5.41, 5.74) is 0. The van der Waals surface area contributed by atoms with E-state index in [1.54, 1.807) is 0 Å². The summed E-state index contributed by atoms with van der Waals surface area (Å²) in [7, 11) is 2.17. The first-order chi connectivity index (χ1) is 6.66. The fourth-order valence-corrected chi connectivity index (χ4v) is 1.40. The molecule has 1 saturated heterocycles. The molecule has 0 aromatic rings. The highest BCUT2D eigenvalue weighted by Crippen LogP contribution is 2.02. The summed E-state index contributed by atoms with van der Waals surface area (Å²) in [6.45, 7) is 4.70. The van der Waals surface area contributed by atoms with E-state index < -0.39 is 5.97 Å². The topological polar surface area (TPSA) is 40.5 Å². The maximum Gasteiger partial charge on any atom is 0.303 e. The Morgan fingerprint density at radius 3 is 2.14 bits per heavy atom. The number of carboxylic acid groups (broad SMARTS) is 1. The normalized spacial score (nSPS) is 16.1. The van der Waals surface area contributed by atoms with Crippen LogP contribution in [0.1, 0.15) is 45.4 Å². The van der Waals surface area contributed by atoms with Crippen molar-refractivity contribution < 1.29 is 9.90 Å². The minimum absolute atomic E-state index is 0.327. The number of unbranched alkanes of at least 4 members (excludes halogenated alkanes) is 2. The van der Waals surface area contributed by atoms with E-state index in [0.717, 1.165) is 19.3 Å². The van der Waals surface area contributed by atoms with Crippen LogP contribution in [0.5, 0.6) is 0 Å². The number of rotatable bonds is 4. The van der Waals surface area contributed by atoms with Crippen molar-refractivity contribution in [2.75, 3.05) is 20.1 Å². The molecule has 3 heteroatoms. The zero-order chi connectivity index (χ0) is 10.8. The van der Waals surface area contributed by atoms with Gasteiger partial charge in [-0.1, -0.05) is 19.8 Å². The van der Waals surface area contributed by atoms with E-state index in [9.17, 15) is 4.79 Å². The maximum atomic E-state index is 9.87. The number of carbonyl (C=O) groups is 1. The molecule has 0 aliphatic carbocycles. The van der Waals surface area contributed by atoms with Crippen LogP contribution in [0.3, 0.4) is 0 Å². The second kappa shape index (κ2) is 9.00. The van der Waals surface area contributed by atoms with E-state index in [2.05, 4.69) is 18.9 Å². The Labute approximate surface area is 87.1 Å². The number of hydrogen-bond donors (Lipinski definition) is 1. The van der Waals surface area contributed by atoms with Gasteiger partial charge >= 0.3 is 5.97 Å². The summed E-state index contributed by atoms with van der Waals surface area (Å²) in [5.74, 6) is -0.682. The molecule has 1 aliphatic rings. The second-order valence-corrected chi connectivity index (χ2v) is 3.86. The van der Waals surface area contributed by atoms with Crippen LogP contribution in [-0.4, -0.2) is 36.1 Å². The van der Waals surface area contributed by atoms with Gasteiger partial charge in [0, 0.05) is 6.42 Å². The van der Waals surface area contributed by atoms with Crippen molar-refractivity contribution in [2.45, 2.75) is 45.4 Å². The molecular weight excluding hydrogens is 178 g/mol. The molecule has 1 N–H and O–H groups in total. The molecule has 0 atom stereocenters. The van der Waals surface area contributed by atoms with Crippen LogP contribution in [0, 0.1) is 0 Å².